The van der Waals surface area contributed by atoms with Gasteiger partial charge in [-0.2, -0.15) is 5.26 Å². The van der Waals surface area contributed by atoms with Crippen molar-refractivity contribution in [2.45, 2.75) is 4.21 Å². The van der Waals surface area contributed by atoms with E-state index in [9.17, 15) is 13.2 Å². The van der Waals surface area contributed by atoms with Crippen molar-refractivity contribution in [2.24, 2.45) is 0 Å². The van der Waals surface area contributed by atoms with Gasteiger partial charge in [0.2, 0.25) is 0 Å². The SMILES string of the molecule is CN(c1ccc(C#N)cc1)S(=O)(=O)c1ccc(C(=O)O)s1. The molecule has 8 heteroatoms. The summed E-state index contributed by atoms with van der Waals surface area (Å²) in [5, 5.41) is 17.6. The molecule has 1 N–H and O–H groups in total. The van der Waals surface area contributed by atoms with E-state index in [0.29, 0.717) is 22.6 Å². The van der Waals surface area contributed by atoms with E-state index in [1.54, 1.807) is 0 Å². The van der Waals surface area contributed by atoms with Crippen molar-refractivity contribution in [1.82, 2.24) is 0 Å². The highest BCUT2D eigenvalue weighted by molar-refractivity contribution is 7.94. The lowest BCUT2D eigenvalue weighted by molar-refractivity contribution is 0.0702. The van der Waals surface area contributed by atoms with E-state index in [1.165, 1.54) is 43.4 Å². The summed E-state index contributed by atoms with van der Waals surface area (Å²) >= 11 is 0.697. The first-order chi connectivity index (χ1) is 9.86. The summed E-state index contributed by atoms with van der Waals surface area (Å²) in [6.45, 7) is 0. The van der Waals surface area contributed by atoms with Crippen LogP contribution in [0.4, 0.5) is 5.69 Å². The topological polar surface area (TPSA) is 98.5 Å². The van der Waals surface area contributed by atoms with Crippen LogP contribution in [-0.4, -0.2) is 26.5 Å². The summed E-state index contributed by atoms with van der Waals surface area (Å²) in [7, 11) is -2.45. The van der Waals surface area contributed by atoms with Crippen LogP contribution < -0.4 is 4.31 Å². The largest absolute Gasteiger partial charge is 0.477 e. The molecule has 108 valence electrons. The quantitative estimate of drug-likeness (QED) is 0.930. The van der Waals surface area contributed by atoms with Crippen molar-refractivity contribution >= 4 is 33.0 Å². The summed E-state index contributed by atoms with van der Waals surface area (Å²) < 4.78 is 25.8. The Hall–Kier alpha value is -2.37. The minimum Gasteiger partial charge on any atom is -0.477 e. The average Bonchev–Trinajstić information content (AvgIpc) is 2.97. The van der Waals surface area contributed by atoms with Gasteiger partial charge in [0, 0.05) is 7.05 Å². The highest BCUT2D eigenvalue weighted by atomic mass is 32.2. The number of anilines is 1. The lowest BCUT2D eigenvalue weighted by Crippen LogP contribution is -2.25. The zero-order valence-electron chi connectivity index (χ0n) is 10.8. The maximum Gasteiger partial charge on any atom is 0.345 e. The summed E-state index contributed by atoms with van der Waals surface area (Å²) in [6.07, 6.45) is 0. The molecule has 6 nitrogen and oxygen atoms in total. The molecule has 0 fully saturated rings. The normalized spacial score (nSPS) is 10.9. The van der Waals surface area contributed by atoms with Crippen LogP contribution in [0.25, 0.3) is 0 Å². The van der Waals surface area contributed by atoms with E-state index in [1.807, 2.05) is 6.07 Å². The number of rotatable bonds is 4. The molecule has 0 radical (unpaired) electrons. The highest BCUT2D eigenvalue weighted by Gasteiger charge is 2.24. The van der Waals surface area contributed by atoms with Gasteiger partial charge in [-0.1, -0.05) is 0 Å². The molecule has 0 saturated heterocycles. The van der Waals surface area contributed by atoms with Gasteiger partial charge in [-0.15, -0.1) is 11.3 Å². The van der Waals surface area contributed by atoms with E-state index < -0.39 is 16.0 Å². The first kappa shape index (κ1) is 15.0. The Morgan fingerprint density at radius 3 is 2.33 bits per heavy atom. The molecule has 1 heterocycles. The number of carboxylic acid groups (broad SMARTS) is 1. The number of hydrogen-bond donors (Lipinski definition) is 1. The number of thiophene rings is 1. The average molecular weight is 322 g/mol. The minimum absolute atomic E-state index is 0.0400. The predicted octanol–water partition coefficient (Wildman–Crippen LogP) is 2.14. The second-order valence-corrected chi connectivity index (χ2v) is 7.33. The van der Waals surface area contributed by atoms with Gasteiger partial charge in [0.05, 0.1) is 17.3 Å². The fourth-order valence-corrected chi connectivity index (χ4v) is 4.10. The van der Waals surface area contributed by atoms with Crippen LogP contribution in [0.3, 0.4) is 0 Å². The molecule has 0 amide bonds. The number of carbonyl (C=O) groups is 1. The van der Waals surface area contributed by atoms with Crippen molar-refractivity contribution < 1.29 is 18.3 Å². The number of nitrogens with zero attached hydrogens (tertiary/aromatic N) is 2. The first-order valence-electron chi connectivity index (χ1n) is 5.68. The molecule has 0 bridgehead atoms. The van der Waals surface area contributed by atoms with E-state index in [2.05, 4.69) is 0 Å². The van der Waals surface area contributed by atoms with Crippen molar-refractivity contribution in [3.63, 3.8) is 0 Å². The number of nitriles is 1. The van der Waals surface area contributed by atoms with E-state index in [0.717, 1.165) is 4.31 Å². The summed E-state index contributed by atoms with van der Waals surface area (Å²) in [4.78, 5) is 10.8. The maximum absolute atomic E-state index is 12.4. The van der Waals surface area contributed by atoms with E-state index >= 15 is 0 Å². The van der Waals surface area contributed by atoms with Crippen LogP contribution in [0, 0.1) is 11.3 Å². The van der Waals surface area contributed by atoms with Gasteiger partial charge in [0.25, 0.3) is 10.0 Å². The third-order valence-electron chi connectivity index (χ3n) is 2.77. The van der Waals surface area contributed by atoms with Gasteiger partial charge in [0.1, 0.15) is 9.09 Å². The smallest absolute Gasteiger partial charge is 0.345 e. The van der Waals surface area contributed by atoms with Gasteiger partial charge < -0.3 is 5.11 Å². The summed E-state index contributed by atoms with van der Waals surface area (Å²) in [6, 6.07) is 10.5. The second-order valence-electron chi connectivity index (χ2n) is 4.06. The molecule has 0 aliphatic carbocycles. The Balaban J connectivity index is 2.37. The molecule has 0 aliphatic heterocycles. The Morgan fingerprint density at radius 1 is 1.24 bits per heavy atom. The van der Waals surface area contributed by atoms with E-state index in [-0.39, 0.29) is 9.09 Å². The Bertz CT molecular complexity index is 817. The third-order valence-corrected chi connectivity index (χ3v) is 6.09. The Labute approximate surface area is 125 Å². The second kappa shape index (κ2) is 5.55. The van der Waals surface area contributed by atoms with Gasteiger partial charge in [-0.05, 0) is 36.4 Å². The van der Waals surface area contributed by atoms with E-state index in [4.69, 9.17) is 10.4 Å². The van der Waals surface area contributed by atoms with Crippen LogP contribution in [0.2, 0.25) is 0 Å². The predicted molar refractivity (Wildman–Crippen MR) is 78.0 cm³/mol. The van der Waals surface area contributed by atoms with Crippen molar-refractivity contribution in [3.05, 3.63) is 46.8 Å². The zero-order chi connectivity index (χ0) is 15.6. The molecule has 1 aromatic carbocycles. The number of benzene rings is 1. The highest BCUT2D eigenvalue weighted by Crippen LogP contribution is 2.27. The van der Waals surface area contributed by atoms with Crippen LogP contribution in [0.1, 0.15) is 15.2 Å². The van der Waals surface area contributed by atoms with Crippen LogP contribution >= 0.6 is 11.3 Å². The molecule has 0 spiro atoms. The number of aromatic carboxylic acids is 1. The zero-order valence-corrected chi connectivity index (χ0v) is 12.5. The molecule has 0 unspecified atom stereocenters. The van der Waals surface area contributed by atoms with Crippen molar-refractivity contribution in [1.29, 1.82) is 5.26 Å². The van der Waals surface area contributed by atoms with Gasteiger partial charge in [0.15, 0.2) is 0 Å². The Kier molecular flexibility index (Phi) is 3.97. The molecule has 0 atom stereocenters. The molecular weight excluding hydrogens is 312 g/mol. The summed E-state index contributed by atoms with van der Waals surface area (Å²) in [5.74, 6) is -1.16. The lowest BCUT2D eigenvalue weighted by Gasteiger charge is -2.18. The molecule has 21 heavy (non-hydrogen) atoms. The number of hydrogen-bond acceptors (Lipinski definition) is 5. The summed E-state index contributed by atoms with van der Waals surface area (Å²) in [5.41, 5.74) is 0.813. The maximum atomic E-state index is 12.4. The molecular formula is C13H10N2O4S2. The molecule has 2 rings (SSSR count). The molecule has 2 aromatic rings. The molecule has 1 aromatic heterocycles. The lowest BCUT2D eigenvalue weighted by atomic mass is 10.2. The number of sulfonamides is 1. The fourth-order valence-electron chi connectivity index (χ4n) is 1.59. The molecule has 0 saturated carbocycles. The standard InChI is InChI=1S/C13H10N2O4S2/c1-15(10-4-2-9(8-14)3-5-10)21(18,19)12-7-6-11(20-12)13(16)17/h2-7H,1H3,(H,16,17). The van der Waals surface area contributed by atoms with Crippen LogP contribution in [0.15, 0.2) is 40.6 Å². The third kappa shape index (κ3) is 2.89. The molecule has 0 aliphatic rings. The van der Waals surface area contributed by atoms with Crippen molar-refractivity contribution in [2.75, 3.05) is 11.4 Å². The first-order valence-corrected chi connectivity index (χ1v) is 7.94. The van der Waals surface area contributed by atoms with Gasteiger partial charge in [-0.3, -0.25) is 4.31 Å². The fraction of sp³-hybridized carbons (Fsp3) is 0.0769. The monoisotopic (exact) mass is 322 g/mol. The van der Waals surface area contributed by atoms with Crippen LogP contribution in [0.5, 0.6) is 0 Å². The van der Waals surface area contributed by atoms with Crippen LogP contribution in [-0.2, 0) is 10.0 Å². The Morgan fingerprint density at radius 2 is 1.86 bits per heavy atom. The van der Waals surface area contributed by atoms with Crippen molar-refractivity contribution in [3.8, 4) is 6.07 Å². The van der Waals surface area contributed by atoms with Gasteiger partial charge in [-0.25, -0.2) is 13.2 Å². The number of carboxylic acids is 1. The van der Waals surface area contributed by atoms with Gasteiger partial charge >= 0.3 is 5.97 Å². The minimum atomic E-state index is -3.82.